The Morgan fingerprint density at radius 1 is 1.33 bits per heavy atom. The van der Waals surface area contributed by atoms with Crippen LogP contribution in [0.1, 0.15) is 17.4 Å². The lowest BCUT2D eigenvalue weighted by Crippen LogP contribution is -2.28. The molecule has 0 saturated heterocycles. The van der Waals surface area contributed by atoms with Crippen molar-refractivity contribution in [2.45, 2.75) is 13.5 Å². The van der Waals surface area contributed by atoms with E-state index in [-0.39, 0.29) is 18.1 Å². The predicted octanol–water partition coefficient (Wildman–Crippen LogP) is 0.263. The van der Waals surface area contributed by atoms with Gasteiger partial charge in [0.2, 0.25) is 5.91 Å². The Balaban J connectivity index is 2.44. The number of esters is 1. The van der Waals surface area contributed by atoms with E-state index < -0.39 is 5.97 Å². The van der Waals surface area contributed by atoms with Gasteiger partial charge in [-0.1, -0.05) is 5.21 Å². The summed E-state index contributed by atoms with van der Waals surface area (Å²) in [5.74, 6) is -0.821. The molecule has 110 valence electrons. The van der Waals surface area contributed by atoms with Gasteiger partial charge in [0, 0.05) is 24.5 Å². The molecule has 0 unspecified atom stereocenters. The van der Waals surface area contributed by atoms with Crippen LogP contribution in [0.4, 0.5) is 0 Å². The summed E-state index contributed by atoms with van der Waals surface area (Å²) in [5, 5.41) is 10.4. The van der Waals surface area contributed by atoms with E-state index in [1.54, 1.807) is 24.5 Å². The molecular weight excluding hydrogens is 274 g/mol. The molecule has 0 radical (unpaired) electrons. The van der Waals surface area contributed by atoms with Crippen molar-refractivity contribution in [3.63, 3.8) is 0 Å². The average Bonchev–Trinajstić information content (AvgIpc) is 2.91. The molecule has 0 aromatic carbocycles. The number of pyridine rings is 1. The molecule has 2 aromatic heterocycles. The smallest absolute Gasteiger partial charge is 0.360 e. The number of carbonyl (C=O) groups excluding carboxylic acids is 2. The number of ether oxygens (including phenoxy) is 1. The second kappa shape index (κ2) is 6.60. The maximum absolute atomic E-state index is 11.8. The van der Waals surface area contributed by atoms with Crippen LogP contribution in [0.3, 0.4) is 0 Å². The van der Waals surface area contributed by atoms with Crippen LogP contribution in [-0.2, 0) is 16.1 Å². The molecular formula is C13H15N5O3. The van der Waals surface area contributed by atoms with E-state index in [1.165, 1.54) is 11.8 Å². The zero-order valence-electron chi connectivity index (χ0n) is 11.7. The molecule has 0 aliphatic heterocycles. The molecule has 8 nitrogen and oxygen atoms in total. The molecule has 21 heavy (non-hydrogen) atoms. The van der Waals surface area contributed by atoms with Crippen LogP contribution in [0.5, 0.6) is 0 Å². The Kier molecular flexibility index (Phi) is 4.60. The molecule has 2 rings (SSSR count). The lowest BCUT2D eigenvalue weighted by molar-refractivity contribution is -0.121. The van der Waals surface area contributed by atoms with Crippen molar-refractivity contribution in [2.24, 2.45) is 0 Å². The van der Waals surface area contributed by atoms with Crippen LogP contribution < -0.4 is 5.32 Å². The number of hydrogen-bond acceptors (Lipinski definition) is 6. The fourth-order valence-corrected chi connectivity index (χ4v) is 1.84. The Morgan fingerprint density at radius 2 is 2.05 bits per heavy atom. The third kappa shape index (κ3) is 3.22. The first-order valence-corrected chi connectivity index (χ1v) is 6.36. The molecule has 0 bridgehead atoms. The van der Waals surface area contributed by atoms with Crippen LogP contribution in [-0.4, -0.2) is 45.5 Å². The van der Waals surface area contributed by atoms with Gasteiger partial charge in [-0.3, -0.25) is 9.78 Å². The van der Waals surface area contributed by atoms with Crippen molar-refractivity contribution >= 4 is 11.9 Å². The Labute approximate surface area is 121 Å². The largest absolute Gasteiger partial charge is 0.464 e. The van der Waals surface area contributed by atoms with Crippen molar-refractivity contribution in [3.8, 4) is 11.3 Å². The van der Waals surface area contributed by atoms with Crippen molar-refractivity contribution in [1.29, 1.82) is 0 Å². The highest BCUT2D eigenvalue weighted by Gasteiger charge is 2.22. The van der Waals surface area contributed by atoms with Crippen molar-refractivity contribution in [2.75, 3.05) is 13.7 Å². The minimum absolute atomic E-state index is 0.0323. The maximum Gasteiger partial charge on any atom is 0.360 e. The summed E-state index contributed by atoms with van der Waals surface area (Å²) in [6.45, 7) is 2.31. The van der Waals surface area contributed by atoms with Gasteiger partial charge < -0.3 is 10.1 Å². The molecule has 2 aromatic rings. The topological polar surface area (TPSA) is 99.0 Å². The lowest BCUT2D eigenvalue weighted by Gasteiger charge is -2.07. The van der Waals surface area contributed by atoms with Crippen LogP contribution in [0.15, 0.2) is 24.5 Å². The Morgan fingerprint density at radius 3 is 2.67 bits per heavy atom. The lowest BCUT2D eigenvalue weighted by atomic mass is 10.1. The fraction of sp³-hybridized carbons (Fsp3) is 0.308. The first-order chi connectivity index (χ1) is 10.2. The summed E-state index contributed by atoms with van der Waals surface area (Å²) in [4.78, 5) is 27.4. The van der Waals surface area contributed by atoms with Crippen molar-refractivity contribution in [3.05, 3.63) is 30.2 Å². The zero-order chi connectivity index (χ0) is 15.2. The van der Waals surface area contributed by atoms with Gasteiger partial charge in [-0.2, -0.15) is 0 Å². The summed E-state index contributed by atoms with van der Waals surface area (Å²) < 4.78 is 6.06. The monoisotopic (exact) mass is 289 g/mol. The Bertz CT molecular complexity index is 639. The molecule has 1 amide bonds. The standard InChI is InChI=1S/C13H15N5O3/c1-3-15-10(19)8-18-12(9-4-6-14-7-5-9)11(16-17-18)13(20)21-2/h4-7H,3,8H2,1-2H3,(H,15,19). The highest BCUT2D eigenvalue weighted by Crippen LogP contribution is 2.22. The van der Waals surface area contributed by atoms with Gasteiger partial charge in [0.1, 0.15) is 12.2 Å². The van der Waals surface area contributed by atoms with Gasteiger partial charge in [-0.25, -0.2) is 9.48 Å². The van der Waals surface area contributed by atoms with Gasteiger partial charge in [-0.15, -0.1) is 5.10 Å². The van der Waals surface area contributed by atoms with Gasteiger partial charge in [0.05, 0.1) is 7.11 Å². The molecule has 8 heteroatoms. The molecule has 0 spiro atoms. The normalized spacial score (nSPS) is 10.2. The SMILES string of the molecule is CCNC(=O)Cn1nnc(C(=O)OC)c1-c1ccncc1. The number of nitrogens with zero attached hydrogens (tertiary/aromatic N) is 4. The third-order valence-electron chi connectivity index (χ3n) is 2.73. The van der Waals surface area contributed by atoms with Crippen molar-refractivity contribution in [1.82, 2.24) is 25.3 Å². The minimum atomic E-state index is -0.607. The zero-order valence-corrected chi connectivity index (χ0v) is 11.7. The number of methoxy groups -OCH3 is 1. The van der Waals surface area contributed by atoms with Gasteiger partial charge in [0.15, 0.2) is 5.69 Å². The van der Waals surface area contributed by atoms with Crippen molar-refractivity contribution < 1.29 is 14.3 Å². The molecule has 0 aliphatic rings. The summed E-state index contributed by atoms with van der Waals surface area (Å²) in [7, 11) is 1.27. The first kappa shape index (κ1) is 14.6. The second-order valence-corrected chi connectivity index (χ2v) is 4.13. The quantitative estimate of drug-likeness (QED) is 0.793. The number of aromatic nitrogens is 4. The van der Waals surface area contributed by atoms with Crippen LogP contribution in [0.2, 0.25) is 0 Å². The predicted molar refractivity (Wildman–Crippen MR) is 73.3 cm³/mol. The van der Waals surface area contributed by atoms with E-state index in [4.69, 9.17) is 4.74 Å². The number of likely N-dealkylation sites (N-methyl/N-ethyl adjacent to an activating group) is 1. The third-order valence-corrected chi connectivity index (χ3v) is 2.73. The summed E-state index contributed by atoms with van der Waals surface area (Å²) in [5.41, 5.74) is 1.17. The number of carbonyl (C=O) groups is 2. The van der Waals surface area contributed by atoms with Crippen LogP contribution in [0, 0.1) is 0 Å². The van der Waals surface area contributed by atoms with Gasteiger partial charge in [0.25, 0.3) is 0 Å². The fourth-order valence-electron chi connectivity index (χ4n) is 1.84. The van der Waals surface area contributed by atoms with Gasteiger partial charge >= 0.3 is 5.97 Å². The molecule has 2 heterocycles. The molecule has 0 saturated carbocycles. The molecule has 0 aliphatic carbocycles. The molecule has 1 N–H and O–H groups in total. The van der Waals surface area contributed by atoms with E-state index in [0.717, 1.165) is 0 Å². The number of hydrogen-bond donors (Lipinski definition) is 1. The number of amides is 1. The average molecular weight is 289 g/mol. The molecule has 0 fully saturated rings. The number of nitrogens with one attached hydrogen (secondary N) is 1. The van der Waals surface area contributed by atoms with E-state index in [2.05, 4.69) is 20.6 Å². The van der Waals surface area contributed by atoms with Crippen LogP contribution >= 0.6 is 0 Å². The summed E-state index contributed by atoms with van der Waals surface area (Å²) in [6, 6.07) is 3.42. The highest BCUT2D eigenvalue weighted by molar-refractivity contribution is 5.94. The van der Waals surface area contributed by atoms with E-state index in [0.29, 0.717) is 17.8 Å². The van der Waals surface area contributed by atoms with Gasteiger partial charge in [-0.05, 0) is 19.1 Å². The van der Waals surface area contributed by atoms with Crippen LogP contribution in [0.25, 0.3) is 11.3 Å². The van der Waals surface area contributed by atoms with E-state index in [9.17, 15) is 9.59 Å². The second-order valence-electron chi connectivity index (χ2n) is 4.13. The summed E-state index contributed by atoms with van der Waals surface area (Å²) in [6.07, 6.45) is 3.17. The Hall–Kier alpha value is -2.77. The summed E-state index contributed by atoms with van der Waals surface area (Å²) >= 11 is 0. The number of rotatable bonds is 5. The minimum Gasteiger partial charge on any atom is -0.464 e. The maximum atomic E-state index is 11.8. The first-order valence-electron chi connectivity index (χ1n) is 6.36. The van der Waals surface area contributed by atoms with E-state index in [1.807, 2.05) is 6.92 Å². The van der Waals surface area contributed by atoms with E-state index >= 15 is 0 Å². The molecule has 0 atom stereocenters. The highest BCUT2D eigenvalue weighted by atomic mass is 16.5.